The Bertz CT molecular complexity index is 118. The standard InChI is InChI=1S/C11H23F2NO/c1-10(2)8-14-6-4-3-5-7-15-9-11(12)13/h10-11,14H,3-9H2,1-2H3. The molecule has 0 aromatic rings. The Morgan fingerprint density at radius 2 is 1.87 bits per heavy atom. The fourth-order valence-corrected chi connectivity index (χ4v) is 1.19. The zero-order valence-electron chi connectivity index (χ0n) is 9.77. The van der Waals surface area contributed by atoms with Crippen LogP contribution in [0.5, 0.6) is 0 Å². The van der Waals surface area contributed by atoms with Gasteiger partial charge in [-0.2, -0.15) is 0 Å². The smallest absolute Gasteiger partial charge is 0.261 e. The first-order valence-corrected chi connectivity index (χ1v) is 5.69. The highest BCUT2D eigenvalue weighted by Gasteiger charge is 2.00. The minimum absolute atomic E-state index is 0.425. The second-order valence-electron chi connectivity index (χ2n) is 4.12. The summed E-state index contributed by atoms with van der Waals surface area (Å²) < 4.78 is 28.1. The third kappa shape index (κ3) is 13.8. The second-order valence-corrected chi connectivity index (χ2v) is 4.12. The van der Waals surface area contributed by atoms with Crippen molar-refractivity contribution < 1.29 is 13.5 Å². The topological polar surface area (TPSA) is 21.3 Å². The van der Waals surface area contributed by atoms with Crippen LogP contribution in [0.15, 0.2) is 0 Å². The van der Waals surface area contributed by atoms with E-state index in [0.717, 1.165) is 32.4 Å². The molecule has 15 heavy (non-hydrogen) atoms. The first-order chi connectivity index (χ1) is 7.13. The SMILES string of the molecule is CC(C)CNCCCCCOCC(F)F. The van der Waals surface area contributed by atoms with E-state index in [-0.39, 0.29) is 0 Å². The molecule has 0 heterocycles. The molecule has 0 radical (unpaired) electrons. The Hall–Kier alpha value is -0.220. The summed E-state index contributed by atoms with van der Waals surface area (Å²) in [5.41, 5.74) is 0. The summed E-state index contributed by atoms with van der Waals surface area (Å²) in [5.74, 6) is 0.680. The number of rotatable bonds is 10. The summed E-state index contributed by atoms with van der Waals surface area (Å²) in [6, 6.07) is 0. The molecule has 0 unspecified atom stereocenters. The van der Waals surface area contributed by atoms with Crippen LogP contribution < -0.4 is 5.32 Å². The molecule has 0 amide bonds. The monoisotopic (exact) mass is 223 g/mol. The third-order valence-electron chi connectivity index (χ3n) is 1.94. The quantitative estimate of drug-likeness (QED) is 0.575. The van der Waals surface area contributed by atoms with E-state index in [9.17, 15) is 8.78 Å². The van der Waals surface area contributed by atoms with Crippen LogP contribution in [0.3, 0.4) is 0 Å². The average molecular weight is 223 g/mol. The van der Waals surface area contributed by atoms with Crippen LogP contribution in [-0.2, 0) is 4.74 Å². The van der Waals surface area contributed by atoms with Gasteiger partial charge in [-0.3, -0.25) is 0 Å². The van der Waals surface area contributed by atoms with Crippen molar-refractivity contribution in [2.45, 2.75) is 39.5 Å². The van der Waals surface area contributed by atoms with Crippen molar-refractivity contribution in [2.75, 3.05) is 26.3 Å². The van der Waals surface area contributed by atoms with Crippen molar-refractivity contribution >= 4 is 0 Å². The lowest BCUT2D eigenvalue weighted by atomic mass is 10.2. The van der Waals surface area contributed by atoms with E-state index in [1.165, 1.54) is 0 Å². The van der Waals surface area contributed by atoms with Crippen molar-refractivity contribution in [3.63, 3.8) is 0 Å². The molecule has 0 aliphatic heterocycles. The van der Waals surface area contributed by atoms with E-state index in [0.29, 0.717) is 12.5 Å². The molecule has 0 rings (SSSR count). The van der Waals surface area contributed by atoms with Crippen LogP contribution in [0.1, 0.15) is 33.1 Å². The average Bonchev–Trinajstić information content (AvgIpc) is 2.14. The van der Waals surface area contributed by atoms with Crippen LogP contribution in [0.4, 0.5) is 8.78 Å². The Morgan fingerprint density at radius 3 is 2.47 bits per heavy atom. The summed E-state index contributed by atoms with van der Waals surface area (Å²) in [4.78, 5) is 0. The minimum atomic E-state index is -2.34. The summed E-state index contributed by atoms with van der Waals surface area (Å²) in [7, 11) is 0. The largest absolute Gasteiger partial charge is 0.376 e. The van der Waals surface area contributed by atoms with Gasteiger partial charge in [0.2, 0.25) is 0 Å². The fourth-order valence-electron chi connectivity index (χ4n) is 1.19. The van der Waals surface area contributed by atoms with Crippen LogP contribution in [0.25, 0.3) is 0 Å². The van der Waals surface area contributed by atoms with E-state index < -0.39 is 13.0 Å². The van der Waals surface area contributed by atoms with Crippen molar-refractivity contribution in [1.82, 2.24) is 5.32 Å². The summed E-state index contributed by atoms with van der Waals surface area (Å²) in [6.45, 7) is 6.42. The van der Waals surface area contributed by atoms with Crippen molar-refractivity contribution in [3.05, 3.63) is 0 Å². The Labute approximate surface area is 91.4 Å². The molecule has 4 heteroatoms. The van der Waals surface area contributed by atoms with Gasteiger partial charge in [-0.05, 0) is 38.3 Å². The number of hydrogen-bond donors (Lipinski definition) is 1. The molecule has 0 saturated heterocycles. The van der Waals surface area contributed by atoms with E-state index >= 15 is 0 Å². The summed E-state index contributed by atoms with van der Waals surface area (Å²) in [5, 5.41) is 3.33. The summed E-state index contributed by atoms with van der Waals surface area (Å²) in [6.07, 6.45) is 0.660. The van der Waals surface area contributed by atoms with Crippen molar-refractivity contribution in [2.24, 2.45) is 5.92 Å². The highest BCUT2D eigenvalue weighted by atomic mass is 19.3. The fraction of sp³-hybridized carbons (Fsp3) is 1.00. The van der Waals surface area contributed by atoms with Crippen LogP contribution >= 0.6 is 0 Å². The molecule has 0 atom stereocenters. The second kappa shape index (κ2) is 10.3. The molecular weight excluding hydrogens is 200 g/mol. The molecule has 0 spiro atoms. The molecule has 0 bridgehead atoms. The van der Waals surface area contributed by atoms with Gasteiger partial charge in [0.05, 0.1) is 0 Å². The van der Waals surface area contributed by atoms with Gasteiger partial charge in [0.15, 0.2) is 0 Å². The van der Waals surface area contributed by atoms with Crippen molar-refractivity contribution in [1.29, 1.82) is 0 Å². The number of alkyl halides is 2. The van der Waals surface area contributed by atoms with Gasteiger partial charge in [0.1, 0.15) is 6.61 Å². The molecule has 0 aromatic carbocycles. The molecule has 0 fully saturated rings. The first kappa shape index (κ1) is 14.8. The Kier molecular flexibility index (Phi) is 10.2. The van der Waals surface area contributed by atoms with Crippen LogP contribution in [0, 0.1) is 5.92 Å². The maximum atomic E-state index is 11.7. The molecular formula is C11H23F2NO. The Morgan fingerprint density at radius 1 is 1.13 bits per heavy atom. The highest BCUT2D eigenvalue weighted by molar-refractivity contribution is 4.51. The third-order valence-corrected chi connectivity index (χ3v) is 1.94. The highest BCUT2D eigenvalue weighted by Crippen LogP contribution is 1.98. The molecule has 2 nitrogen and oxygen atoms in total. The molecule has 92 valence electrons. The molecule has 0 aliphatic carbocycles. The maximum absolute atomic E-state index is 11.7. The number of ether oxygens (including phenoxy) is 1. The lowest BCUT2D eigenvalue weighted by Crippen LogP contribution is -2.20. The minimum Gasteiger partial charge on any atom is -0.376 e. The Balaban J connectivity index is 2.93. The van der Waals surface area contributed by atoms with E-state index in [1.807, 2.05) is 0 Å². The van der Waals surface area contributed by atoms with Gasteiger partial charge < -0.3 is 10.1 Å². The van der Waals surface area contributed by atoms with Gasteiger partial charge in [-0.1, -0.05) is 13.8 Å². The van der Waals surface area contributed by atoms with Gasteiger partial charge in [-0.15, -0.1) is 0 Å². The van der Waals surface area contributed by atoms with Crippen LogP contribution in [0.2, 0.25) is 0 Å². The van der Waals surface area contributed by atoms with E-state index in [4.69, 9.17) is 4.74 Å². The number of halogens is 2. The number of nitrogens with one attached hydrogen (secondary N) is 1. The predicted molar refractivity (Wildman–Crippen MR) is 58.4 cm³/mol. The van der Waals surface area contributed by atoms with Gasteiger partial charge in [-0.25, -0.2) is 8.78 Å². The van der Waals surface area contributed by atoms with Crippen molar-refractivity contribution in [3.8, 4) is 0 Å². The lowest BCUT2D eigenvalue weighted by Gasteiger charge is -2.07. The molecule has 0 aliphatic rings. The number of unbranched alkanes of at least 4 members (excludes halogenated alkanes) is 2. The maximum Gasteiger partial charge on any atom is 0.261 e. The lowest BCUT2D eigenvalue weighted by molar-refractivity contribution is 0.0162. The summed E-state index contributed by atoms with van der Waals surface area (Å²) >= 11 is 0. The van der Waals surface area contributed by atoms with Gasteiger partial charge in [0.25, 0.3) is 6.43 Å². The molecule has 1 N–H and O–H groups in total. The van der Waals surface area contributed by atoms with E-state index in [2.05, 4.69) is 19.2 Å². The first-order valence-electron chi connectivity index (χ1n) is 5.69. The van der Waals surface area contributed by atoms with Crippen LogP contribution in [-0.4, -0.2) is 32.7 Å². The van der Waals surface area contributed by atoms with Gasteiger partial charge in [0, 0.05) is 6.61 Å². The molecule has 0 saturated carbocycles. The number of hydrogen-bond acceptors (Lipinski definition) is 2. The molecule has 0 aromatic heterocycles. The van der Waals surface area contributed by atoms with E-state index in [1.54, 1.807) is 0 Å². The predicted octanol–water partition coefficient (Wildman–Crippen LogP) is 2.68. The zero-order chi connectivity index (χ0) is 11.5. The zero-order valence-corrected chi connectivity index (χ0v) is 9.77. The normalized spacial score (nSPS) is 11.6. The van der Waals surface area contributed by atoms with Gasteiger partial charge >= 0.3 is 0 Å².